The molecule has 0 aliphatic rings. The molecule has 0 spiro atoms. The van der Waals surface area contributed by atoms with Gasteiger partial charge in [0.2, 0.25) is 11.7 Å². The molecule has 4 rings (SSSR count). The van der Waals surface area contributed by atoms with Gasteiger partial charge in [0.25, 0.3) is 0 Å². The van der Waals surface area contributed by atoms with E-state index in [1.807, 2.05) is 36.7 Å². The Morgan fingerprint density at radius 2 is 1.67 bits per heavy atom. The maximum atomic E-state index is 5.42. The van der Waals surface area contributed by atoms with Crippen LogP contribution < -0.4 is 19.5 Å². The molecule has 1 N–H and O–H groups in total. The van der Waals surface area contributed by atoms with Gasteiger partial charge in [0.05, 0.1) is 21.3 Å². The quantitative estimate of drug-likeness (QED) is 0.468. The van der Waals surface area contributed by atoms with Gasteiger partial charge in [-0.05, 0) is 18.1 Å². The van der Waals surface area contributed by atoms with Crippen molar-refractivity contribution in [1.29, 1.82) is 0 Å². The van der Waals surface area contributed by atoms with Crippen molar-refractivity contribution in [2.75, 3.05) is 26.6 Å². The molecular weight excluding hydrogens is 380 g/mol. The first-order chi connectivity index (χ1) is 14.7. The van der Waals surface area contributed by atoms with Crippen LogP contribution in [-0.4, -0.2) is 35.9 Å². The number of rotatable bonds is 8. The predicted molar refractivity (Wildman–Crippen MR) is 117 cm³/mol. The van der Waals surface area contributed by atoms with E-state index in [1.165, 1.54) is 5.56 Å². The molecular formula is C23H24N4O3. The third kappa shape index (κ3) is 4.00. The van der Waals surface area contributed by atoms with Crippen LogP contribution in [0.25, 0.3) is 11.0 Å². The summed E-state index contributed by atoms with van der Waals surface area (Å²) in [5, 5.41) is 4.24. The molecule has 7 heteroatoms. The first-order valence-corrected chi connectivity index (χ1v) is 9.64. The van der Waals surface area contributed by atoms with Gasteiger partial charge in [-0.3, -0.25) is 0 Å². The smallest absolute Gasteiger partial charge is 0.229 e. The lowest BCUT2D eigenvalue weighted by Gasteiger charge is -2.14. The Morgan fingerprint density at radius 1 is 0.933 bits per heavy atom. The lowest BCUT2D eigenvalue weighted by molar-refractivity contribution is 0.324. The molecule has 0 saturated carbocycles. The summed E-state index contributed by atoms with van der Waals surface area (Å²) in [7, 11) is 4.75. The zero-order chi connectivity index (χ0) is 20.9. The molecule has 30 heavy (non-hydrogen) atoms. The van der Waals surface area contributed by atoms with E-state index in [0.717, 1.165) is 29.7 Å². The minimum atomic E-state index is 0.497. The molecule has 2 heterocycles. The van der Waals surface area contributed by atoms with E-state index in [4.69, 9.17) is 19.2 Å². The van der Waals surface area contributed by atoms with Crippen LogP contribution in [0.5, 0.6) is 17.2 Å². The number of hydrogen-bond donors (Lipinski definition) is 1. The zero-order valence-corrected chi connectivity index (χ0v) is 17.3. The summed E-state index contributed by atoms with van der Waals surface area (Å²) in [6.07, 6.45) is 4.80. The van der Waals surface area contributed by atoms with Gasteiger partial charge < -0.3 is 24.1 Å². The van der Waals surface area contributed by atoms with Crippen LogP contribution in [0.15, 0.2) is 60.9 Å². The molecule has 0 amide bonds. The monoisotopic (exact) mass is 404 g/mol. The van der Waals surface area contributed by atoms with Gasteiger partial charge in [0.15, 0.2) is 11.5 Å². The summed E-state index contributed by atoms with van der Waals surface area (Å²) >= 11 is 0. The summed E-state index contributed by atoms with van der Waals surface area (Å²) in [5.74, 6) is 2.16. The fourth-order valence-corrected chi connectivity index (χ4v) is 3.39. The summed E-state index contributed by atoms with van der Waals surface area (Å²) in [6.45, 7) is 0.841. The van der Waals surface area contributed by atoms with Crippen molar-refractivity contribution in [3.63, 3.8) is 0 Å². The molecule has 0 unspecified atom stereocenters. The Hall–Kier alpha value is -3.74. The Kier molecular flexibility index (Phi) is 5.70. The molecule has 7 nitrogen and oxygen atoms in total. The molecule has 0 aliphatic heterocycles. The highest BCUT2D eigenvalue weighted by molar-refractivity contribution is 5.77. The van der Waals surface area contributed by atoms with E-state index in [9.17, 15) is 0 Å². The third-order valence-electron chi connectivity index (χ3n) is 4.91. The van der Waals surface area contributed by atoms with E-state index in [0.29, 0.717) is 23.2 Å². The average Bonchev–Trinajstić information content (AvgIpc) is 3.19. The van der Waals surface area contributed by atoms with Crippen molar-refractivity contribution in [1.82, 2.24) is 14.5 Å². The van der Waals surface area contributed by atoms with Gasteiger partial charge in [-0.15, -0.1) is 0 Å². The highest BCUT2D eigenvalue weighted by atomic mass is 16.5. The number of hydrogen-bond acceptors (Lipinski definition) is 6. The van der Waals surface area contributed by atoms with Crippen molar-refractivity contribution in [2.45, 2.75) is 13.0 Å². The first-order valence-electron chi connectivity index (χ1n) is 9.64. The van der Waals surface area contributed by atoms with Gasteiger partial charge >= 0.3 is 0 Å². The van der Waals surface area contributed by atoms with Crippen LogP contribution >= 0.6 is 0 Å². The Balaban J connectivity index is 1.59. The number of fused-ring (bicyclic) bond motifs is 1. The van der Waals surface area contributed by atoms with Crippen LogP contribution in [0.1, 0.15) is 5.56 Å². The largest absolute Gasteiger partial charge is 0.493 e. The average molecular weight is 404 g/mol. The van der Waals surface area contributed by atoms with Crippen molar-refractivity contribution >= 4 is 22.7 Å². The van der Waals surface area contributed by atoms with Crippen LogP contribution in [0.4, 0.5) is 11.6 Å². The number of anilines is 2. The van der Waals surface area contributed by atoms with E-state index >= 15 is 0 Å². The maximum absolute atomic E-state index is 5.42. The number of methoxy groups -OCH3 is 3. The standard InChI is InChI=1S/C23H24N4O3/c1-28-19-13-18(14-20(29-2)21(19)30-3)25-23-24-15-17-10-12-27(22(17)26-23)11-9-16-7-5-4-6-8-16/h4-8,10,12-15H,9,11H2,1-3H3,(H,24,25,26). The highest BCUT2D eigenvalue weighted by Gasteiger charge is 2.14. The van der Waals surface area contributed by atoms with Gasteiger partial charge in [-0.1, -0.05) is 30.3 Å². The van der Waals surface area contributed by atoms with Crippen molar-refractivity contribution in [3.05, 3.63) is 66.5 Å². The molecule has 0 aliphatic carbocycles. The summed E-state index contributed by atoms with van der Waals surface area (Å²) in [5.41, 5.74) is 2.92. The lowest BCUT2D eigenvalue weighted by atomic mass is 10.1. The molecule has 2 aromatic heterocycles. The summed E-state index contributed by atoms with van der Waals surface area (Å²) in [4.78, 5) is 9.16. The second-order valence-electron chi connectivity index (χ2n) is 6.76. The molecule has 154 valence electrons. The fourth-order valence-electron chi connectivity index (χ4n) is 3.39. The number of aromatic nitrogens is 3. The van der Waals surface area contributed by atoms with E-state index in [2.05, 4.69) is 39.1 Å². The minimum absolute atomic E-state index is 0.497. The Labute approximate surface area is 175 Å². The number of nitrogens with one attached hydrogen (secondary N) is 1. The molecule has 4 aromatic rings. The second kappa shape index (κ2) is 8.73. The number of ether oxygens (including phenoxy) is 3. The molecule has 2 aromatic carbocycles. The van der Waals surface area contributed by atoms with E-state index < -0.39 is 0 Å². The number of benzene rings is 2. The predicted octanol–water partition coefficient (Wildman–Crippen LogP) is 4.44. The molecule has 0 bridgehead atoms. The summed E-state index contributed by atoms with van der Waals surface area (Å²) in [6, 6.07) is 16.1. The molecule has 0 fully saturated rings. The van der Waals surface area contributed by atoms with Gasteiger partial charge in [0, 0.05) is 42.1 Å². The molecule has 0 atom stereocenters. The van der Waals surface area contributed by atoms with Crippen LogP contribution in [0.3, 0.4) is 0 Å². The van der Waals surface area contributed by atoms with Crippen LogP contribution in [0, 0.1) is 0 Å². The topological polar surface area (TPSA) is 70.4 Å². The third-order valence-corrected chi connectivity index (χ3v) is 4.91. The lowest BCUT2D eigenvalue weighted by Crippen LogP contribution is -2.04. The van der Waals surface area contributed by atoms with E-state index in [-0.39, 0.29) is 0 Å². The van der Waals surface area contributed by atoms with Gasteiger partial charge in [0.1, 0.15) is 5.65 Å². The van der Waals surface area contributed by atoms with E-state index in [1.54, 1.807) is 21.3 Å². The second-order valence-corrected chi connectivity index (χ2v) is 6.76. The van der Waals surface area contributed by atoms with Crippen molar-refractivity contribution < 1.29 is 14.2 Å². The highest BCUT2D eigenvalue weighted by Crippen LogP contribution is 2.40. The number of aryl methyl sites for hydroxylation is 2. The maximum Gasteiger partial charge on any atom is 0.229 e. The Bertz CT molecular complexity index is 1120. The summed E-state index contributed by atoms with van der Waals surface area (Å²) < 4.78 is 18.4. The number of nitrogens with zero attached hydrogens (tertiary/aromatic N) is 3. The van der Waals surface area contributed by atoms with Crippen LogP contribution in [-0.2, 0) is 13.0 Å². The zero-order valence-electron chi connectivity index (χ0n) is 17.3. The molecule has 0 radical (unpaired) electrons. The first kappa shape index (κ1) is 19.6. The molecule has 0 saturated heterocycles. The van der Waals surface area contributed by atoms with Crippen molar-refractivity contribution in [2.24, 2.45) is 0 Å². The fraction of sp³-hybridized carbons (Fsp3) is 0.217. The van der Waals surface area contributed by atoms with Crippen molar-refractivity contribution in [3.8, 4) is 17.2 Å². The Morgan fingerprint density at radius 3 is 2.33 bits per heavy atom. The SMILES string of the molecule is COc1cc(Nc2ncc3ccn(CCc4ccccc4)c3n2)cc(OC)c1OC. The van der Waals surface area contributed by atoms with Gasteiger partial charge in [-0.25, -0.2) is 4.98 Å². The van der Waals surface area contributed by atoms with Crippen LogP contribution in [0.2, 0.25) is 0 Å². The minimum Gasteiger partial charge on any atom is -0.493 e. The normalized spacial score (nSPS) is 10.8. The van der Waals surface area contributed by atoms with Gasteiger partial charge in [-0.2, -0.15) is 4.98 Å².